The molecule has 4 N–H and O–H groups in total. The van der Waals surface area contributed by atoms with E-state index < -0.39 is 0 Å². The summed E-state index contributed by atoms with van der Waals surface area (Å²) in [7, 11) is 0. The minimum Gasteiger partial charge on any atom is -0.343 e. The van der Waals surface area contributed by atoms with Gasteiger partial charge in [-0.3, -0.25) is 4.79 Å². The van der Waals surface area contributed by atoms with Gasteiger partial charge in [0, 0.05) is 35.2 Å². The van der Waals surface area contributed by atoms with Crippen LogP contribution in [0.25, 0.3) is 11.3 Å². The topological polar surface area (TPSA) is 87.0 Å². The predicted octanol–water partition coefficient (Wildman–Crippen LogP) is 5.20. The quantitative estimate of drug-likeness (QED) is 0.352. The Morgan fingerprint density at radius 2 is 1.89 bits per heavy atom. The summed E-state index contributed by atoms with van der Waals surface area (Å²) < 4.78 is 0. The summed E-state index contributed by atoms with van der Waals surface area (Å²) in [6.45, 7) is 7.26. The second kappa shape index (κ2) is 12.5. The molecular formula is C29H38ClN5O. The molecule has 0 spiro atoms. The number of nitrogens with zero attached hydrogens (tertiary/aromatic N) is 2. The monoisotopic (exact) mass is 507 g/mol. The molecule has 6 nitrogen and oxygen atoms in total. The van der Waals surface area contributed by atoms with Gasteiger partial charge in [0.05, 0.1) is 11.7 Å². The van der Waals surface area contributed by atoms with Gasteiger partial charge < -0.3 is 20.9 Å². The highest BCUT2D eigenvalue weighted by atomic mass is 35.5. The first-order chi connectivity index (χ1) is 17.5. The first-order valence-corrected chi connectivity index (χ1v) is 13.5. The lowest BCUT2D eigenvalue weighted by Gasteiger charge is -2.36. The molecule has 0 unspecified atom stereocenters. The van der Waals surface area contributed by atoms with E-state index in [9.17, 15) is 4.79 Å². The van der Waals surface area contributed by atoms with E-state index in [1.54, 1.807) is 0 Å². The predicted molar refractivity (Wildman–Crippen MR) is 147 cm³/mol. The highest BCUT2D eigenvalue weighted by Crippen LogP contribution is 2.34. The summed E-state index contributed by atoms with van der Waals surface area (Å²) in [5, 5.41) is 4.05. The van der Waals surface area contributed by atoms with Crippen molar-refractivity contribution < 1.29 is 4.79 Å². The third-order valence-corrected chi connectivity index (χ3v) is 7.18. The van der Waals surface area contributed by atoms with Crippen LogP contribution >= 0.6 is 11.6 Å². The van der Waals surface area contributed by atoms with Crippen molar-refractivity contribution in [3.8, 4) is 11.3 Å². The number of aromatic nitrogens is 2. The van der Waals surface area contributed by atoms with Gasteiger partial charge in [0.1, 0.15) is 5.82 Å². The van der Waals surface area contributed by atoms with Gasteiger partial charge in [0.15, 0.2) is 0 Å². The van der Waals surface area contributed by atoms with Crippen molar-refractivity contribution in [1.29, 1.82) is 0 Å². The summed E-state index contributed by atoms with van der Waals surface area (Å²) in [4.78, 5) is 24.7. The molecule has 2 heterocycles. The molecule has 1 saturated heterocycles. The van der Waals surface area contributed by atoms with E-state index in [0.717, 1.165) is 55.1 Å². The Balaban J connectivity index is 1.75. The number of aromatic amines is 1. The van der Waals surface area contributed by atoms with Crippen molar-refractivity contribution >= 4 is 17.5 Å². The highest BCUT2D eigenvalue weighted by Gasteiger charge is 2.35. The highest BCUT2D eigenvalue weighted by molar-refractivity contribution is 6.30. The Hall–Kier alpha value is -2.67. The van der Waals surface area contributed by atoms with Gasteiger partial charge in [-0.15, -0.1) is 0 Å². The van der Waals surface area contributed by atoms with E-state index in [0.29, 0.717) is 24.5 Å². The zero-order valence-corrected chi connectivity index (χ0v) is 22.1. The molecule has 0 radical (unpaired) electrons. The van der Waals surface area contributed by atoms with E-state index in [2.05, 4.69) is 48.4 Å². The molecule has 1 aliphatic rings. The SMILES string of the molecule is CC(C)[C@H](c1nc(-c2cccc(Cl)c2)c(Cc2ccccc2)[nH]1)N(CCCN)C(=O)C1CCNCC1. The third-order valence-electron chi connectivity index (χ3n) is 6.94. The number of carbonyl (C=O) groups excluding carboxylic acids is 1. The molecule has 36 heavy (non-hydrogen) atoms. The number of nitrogens with two attached hydrogens (primary N) is 1. The summed E-state index contributed by atoms with van der Waals surface area (Å²) >= 11 is 6.35. The van der Waals surface area contributed by atoms with Crippen molar-refractivity contribution in [2.24, 2.45) is 17.6 Å². The molecule has 1 aliphatic heterocycles. The number of imidazole rings is 1. The first-order valence-electron chi connectivity index (χ1n) is 13.1. The number of amides is 1. The van der Waals surface area contributed by atoms with Crippen LogP contribution in [0.1, 0.15) is 56.2 Å². The number of nitrogens with one attached hydrogen (secondary N) is 2. The largest absolute Gasteiger partial charge is 0.343 e. The lowest BCUT2D eigenvalue weighted by Crippen LogP contribution is -2.45. The van der Waals surface area contributed by atoms with Crippen molar-refractivity contribution in [3.05, 3.63) is 76.7 Å². The standard InChI is InChI=1S/C29H38ClN5O/c1-20(2)27(35(17-7-14-31)29(36)22-12-15-32-16-13-22)28-33-25(18-21-8-4-3-5-9-21)26(34-28)23-10-6-11-24(30)19-23/h3-6,8-11,19-20,22,27,32H,7,12-18,31H2,1-2H3,(H,33,34)/t27-/m1/s1. The van der Waals surface area contributed by atoms with Gasteiger partial charge in [-0.05, 0) is 62.5 Å². The summed E-state index contributed by atoms with van der Waals surface area (Å²) in [6, 6.07) is 18.0. The Kier molecular flexibility index (Phi) is 9.19. The maximum absolute atomic E-state index is 13.8. The average Bonchev–Trinajstić information content (AvgIpc) is 3.29. The minimum atomic E-state index is -0.165. The van der Waals surface area contributed by atoms with Crippen molar-refractivity contribution in [1.82, 2.24) is 20.2 Å². The zero-order chi connectivity index (χ0) is 25.5. The molecule has 1 atom stereocenters. The maximum Gasteiger partial charge on any atom is 0.226 e. The number of halogens is 1. The number of hydrogen-bond acceptors (Lipinski definition) is 4. The van der Waals surface area contributed by atoms with Gasteiger partial charge in [0.2, 0.25) is 5.91 Å². The number of piperidine rings is 1. The number of carbonyl (C=O) groups is 1. The fourth-order valence-electron chi connectivity index (χ4n) is 5.15. The van der Waals surface area contributed by atoms with Crippen LogP contribution in [0.4, 0.5) is 0 Å². The van der Waals surface area contributed by atoms with Crippen LogP contribution in [-0.2, 0) is 11.2 Å². The minimum absolute atomic E-state index is 0.0384. The Morgan fingerprint density at radius 1 is 1.14 bits per heavy atom. The van der Waals surface area contributed by atoms with E-state index in [1.165, 1.54) is 5.56 Å². The zero-order valence-electron chi connectivity index (χ0n) is 21.3. The molecule has 0 bridgehead atoms. The second-order valence-corrected chi connectivity index (χ2v) is 10.4. The van der Waals surface area contributed by atoms with Crippen molar-refractivity contribution in [3.63, 3.8) is 0 Å². The van der Waals surface area contributed by atoms with Gasteiger partial charge in [-0.1, -0.05) is 67.9 Å². The maximum atomic E-state index is 13.8. The average molecular weight is 508 g/mol. The molecule has 2 aromatic carbocycles. The first kappa shape index (κ1) is 26.4. The lowest BCUT2D eigenvalue weighted by atomic mass is 9.93. The molecule has 192 valence electrons. The Bertz CT molecular complexity index is 1120. The fourth-order valence-corrected chi connectivity index (χ4v) is 5.34. The third kappa shape index (κ3) is 6.36. The van der Waals surface area contributed by atoms with Gasteiger partial charge in [-0.2, -0.15) is 0 Å². The van der Waals surface area contributed by atoms with E-state index >= 15 is 0 Å². The molecule has 4 rings (SSSR count). The van der Waals surface area contributed by atoms with Gasteiger partial charge >= 0.3 is 0 Å². The van der Waals surface area contributed by atoms with E-state index in [4.69, 9.17) is 22.3 Å². The van der Waals surface area contributed by atoms with Gasteiger partial charge in [0.25, 0.3) is 0 Å². The Morgan fingerprint density at radius 3 is 2.56 bits per heavy atom. The molecule has 0 aliphatic carbocycles. The number of H-pyrrole nitrogens is 1. The van der Waals surface area contributed by atoms with Crippen LogP contribution in [0.3, 0.4) is 0 Å². The lowest BCUT2D eigenvalue weighted by molar-refractivity contribution is -0.140. The number of rotatable bonds is 10. The van der Waals surface area contributed by atoms with Crippen LogP contribution in [0, 0.1) is 11.8 Å². The van der Waals surface area contributed by atoms with Crippen LogP contribution in [-0.4, -0.2) is 47.0 Å². The molecule has 1 aromatic heterocycles. The van der Waals surface area contributed by atoms with Crippen LogP contribution in [0.5, 0.6) is 0 Å². The molecule has 3 aromatic rings. The molecule has 0 saturated carbocycles. The van der Waals surface area contributed by atoms with Crippen LogP contribution in [0.15, 0.2) is 54.6 Å². The fraction of sp³-hybridized carbons (Fsp3) is 0.448. The normalized spacial score (nSPS) is 15.2. The molecule has 1 fully saturated rings. The number of benzene rings is 2. The van der Waals surface area contributed by atoms with E-state index in [1.807, 2.05) is 35.2 Å². The Labute approximate surface area is 219 Å². The number of hydrogen-bond donors (Lipinski definition) is 3. The molecule has 7 heteroatoms. The summed E-state index contributed by atoms with van der Waals surface area (Å²) in [5.74, 6) is 1.26. The summed E-state index contributed by atoms with van der Waals surface area (Å²) in [6.07, 6.45) is 3.21. The van der Waals surface area contributed by atoms with E-state index in [-0.39, 0.29) is 23.8 Å². The molecular weight excluding hydrogens is 470 g/mol. The summed E-state index contributed by atoms with van der Waals surface area (Å²) in [5.41, 5.74) is 9.97. The van der Waals surface area contributed by atoms with Crippen molar-refractivity contribution in [2.75, 3.05) is 26.2 Å². The van der Waals surface area contributed by atoms with Crippen molar-refractivity contribution in [2.45, 2.75) is 45.6 Å². The van der Waals surface area contributed by atoms with Gasteiger partial charge in [-0.25, -0.2) is 4.98 Å². The van der Waals surface area contributed by atoms with Crippen LogP contribution in [0.2, 0.25) is 5.02 Å². The smallest absolute Gasteiger partial charge is 0.226 e. The van der Waals surface area contributed by atoms with Crippen LogP contribution < -0.4 is 11.1 Å². The molecule has 1 amide bonds. The second-order valence-electron chi connectivity index (χ2n) is 10.0.